The van der Waals surface area contributed by atoms with Crippen molar-refractivity contribution in [2.24, 2.45) is 11.7 Å². The van der Waals surface area contributed by atoms with Gasteiger partial charge in [-0.3, -0.25) is 4.79 Å². The molecule has 1 aromatic carbocycles. The lowest BCUT2D eigenvalue weighted by Crippen LogP contribution is -2.30. The highest BCUT2D eigenvalue weighted by molar-refractivity contribution is 5.94. The Hall–Kier alpha value is -1.55. The number of hydrogen-bond acceptors (Lipinski definition) is 3. The summed E-state index contributed by atoms with van der Waals surface area (Å²) in [6.45, 7) is 5.22. The van der Waals surface area contributed by atoms with Crippen LogP contribution in [-0.4, -0.2) is 24.1 Å². The molecule has 0 aromatic heterocycles. The van der Waals surface area contributed by atoms with Gasteiger partial charge in [0, 0.05) is 12.1 Å². The number of carbonyl (C=O) groups is 1. The number of aryl methyl sites for hydroxylation is 1. The molecule has 1 unspecified atom stereocenters. The van der Waals surface area contributed by atoms with Gasteiger partial charge in [0.05, 0.1) is 0 Å². The van der Waals surface area contributed by atoms with Crippen LogP contribution >= 0.6 is 0 Å². The molecule has 0 aliphatic carbocycles. The van der Waals surface area contributed by atoms with Crippen LogP contribution in [-0.2, 0) is 0 Å². The van der Waals surface area contributed by atoms with E-state index in [9.17, 15) is 9.90 Å². The number of carbonyl (C=O) groups excluding carboxylic acids is 1. The molecular weight excluding hydrogens is 240 g/mol. The predicted molar refractivity (Wildman–Crippen MR) is 77.2 cm³/mol. The highest BCUT2D eigenvalue weighted by Crippen LogP contribution is 2.17. The standard InChI is InChI=1S/C15H24N2O2/c1-3-4-12(7-8-16)10-17-15(19)13-5-6-14(18)11(2)9-13/h5-6,9,12,18H,3-4,7-8,10,16H2,1-2H3,(H,17,19). The quantitative estimate of drug-likeness (QED) is 0.706. The molecule has 0 radical (unpaired) electrons. The fraction of sp³-hybridized carbons (Fsp3) is 0.533. The molecule has 0 bridgehead atoms. The number of rotatable bonds is 7. The van der Waals surface area contributed by atoms with Crippen LogP contribution in [0.3, 0.4) is 0 Å². The van der Waals surface area contributed by atoms with Gasteiger partial charge in [-0.15, -0.1) is 0 Å². The van der Waals surface area contributed by atoms with Crippen LogP contribution in [0, 0.1) is 12.8 Å². The van der Waals surface area contributed by atoms with Gasteiger partial charge < -0.3 is 16.2 Å². The maximum Gasteiger partial charge on any atom is 0.251 e. The third-order valence-corrected chi connectivity index (χ3v) is 3.28. The van der Waals surface area contributed by atoms with E-state index in [1.54, 1.807) is 25.1 Å². The lowest BCUT2D eigenvalue weighted by molar-refractivity contribution is 0.0945. The summed E-state index contributed by atoms with van der Waals surface area (Å²) in [4.78, 5) is 12.0. The van der Waals surface area contributed by atoms with Crippen molar-refractivity contribution < 1.29 is 9.90 Å². The van der Waals surface area contributed by atoms with Crippen molar-refractivity contribution in [1.29, 1.82) is 0 Å². The van der Waals surface area contributed by atoms with Gasteiger partial charge in [0.15, 0.2) is 0 Å². The van der Waals surface area contributed by atoms with Gasteiger partial charge in [-0.05, 0) is 56.0 Å². The molecule has 1 atom stereocenters. The van der Waals surface area contributed by atoms with Gasteiger partial charge in [-0.25, -0.2) is 0 Å². The molecule has 1 amide bonds. The first-order chi connectivity index (χ1) is 9.08. The zero-order valence-electron chi connectivity index (χ0n) is 11.8. The normalized spacial score (nSPS) is 12.2. The van der Waals surface area contributed by atoms with Crippen LogP contribution in [0.1, 0.15) is 42.1 Å². The average molecular weight is 264 g/mol. The molecule has 4 heteroatoms. The zero-order valence-corrected chi connectivity index (χ0v) is 11.8. The summed E-state index contributed by atoms with van der Waals surface area (Å²) in [6, 6.07) is 4.88. The molecule has 19 heavy (non-hydrogen) atoms. The predicted octanol–water partition coefficient (Wildman–Crippen LogP) is 2.20. The van der Waals surface area contributed by atoms with E-state index in [-0.39, 0.29) is 11.7 Å². The number of hydrogen-bond donors (Lipinski definition) is 3. The van der Waals surface area contributed by atoms with Crippen LogP contribution in [0.2, 0.25) is 0 Å². The smallest absolute Gasteiger partial charge is 0.251 e. The summed E-state index contributed by atoms with van der Waals surface area (Å²) < 4.78 is 0. The summed E-state index contributed by atoms with van der Waals surface area (Å²) in [5.74, 6) is 0.557. The second-order valence-corrected chi connectivity index (χ2v) is 4.94. The van der Waals surface area contributed by atoms with Crippen molar-refractivity contribution in [3.8, 4) is 5.75 Å². The zero-order chi connectivity index (χ0) is 14.3. The van der Waals surface area contributed by atoms with E-state index in [2.05, 4.69) is 12.2 Å². The van der Waals surface area contributed by atoms with Gasteiger partial charge in [0.1, 0.15) is 5.75 Å². The first kappa shape index (κ1) is 15.5. The summed E-state index contributed by atoms with van der Waals surface area (Å²) in [5, 5.41) is 12.4. The Bertz CT molecular complexity index is 413. The molecule has 0 saturated carbocycles. The van der Waals surface area contributed by atoms with E-state index in [1.807, 2.05) is 0 Å². The third-order valence-electron chi connectivity index (χ3n) is 3.28. The van der Waals surface area contributed by atoms with Crippen LogP contribution in [0.5, 0.6) is 5.75 Å². The molecule has 4 N–H and O–H groups in total. The van der Waals surface area contributed by atoms with Gasteiger partial charge in [-0.1, -0.05) is 13.3 Å². The fourth-order valence-corrected chi connectivity index (χ4v) is 2.13. The Morgan fingerprint density at radius 2 is 2.16 bits per heavy atom. The summed E-state index contributed by atoms with van der Waals surface area (Å²) >= 11 is 0. The second-order valence-electron chi connectivity index (χ2n) is 4.94. The van der Waals surface area contributed by atoms with Crippen molar-refractivity contribution in [3.05, 3.63) is 29.3 Å². The fourth-order valence-electron chi connectivity index (χ4n) is 2.13. The average Bonchev–Trinajstić information content (AvgIpc) is 2.39. The largest absolute Gasteiger partial charge is 0.508 e. The van der Waals surface area contributed by atoms with Crippen molar-refractivity contribution in [2.75, 3.05) is 13.1 Å². The monoisotopic (exact) mass is 264 g/mol. The molecular formula is C15H24N2O2. The Kier molecular flexibility index (Phi) is 6.36. The molecule has 0 aliphatic heterocycles. The number of nitrogens with one attached hydrogen (secondary N) is 1. The number of nitrogens with two attached hydrogens (primary N) is 1. The van der Waals surface area contributed by atoms with Gasteiger partial charge >= 0.3 is 0 Å². The van der Waals surface area contributed by atoms with E-state index in [0.29, 0.717) is 30.1 Å². The molecule has 0 aliphatic rings. The number of benzene rings is 1. The molecule has 1 rings (SSSR count). The van der Waals surface area contributed by atoms with Crippen molar-refractivity contribution >= 4 is 5.91 Å². The maximum absolute atomic E-state index is 12.0. The lowest BCUT2D eigenvalue weighted by atomic mass is 9.99. The number of aromatic hydroxyl groups is 1. The van der Waals surface area contributed by atoms with E-state index < -0.39 is 0 Å². The third kappa shape index (κ3) is 4.91. The number of amides is 1. The Balaban J connectivity index is 2.56. The topological polar surface area (TPSA) is 75.3 Å². The minimum Gasteiger partial charge on any atom is -0.508 e. The van der Waals surface area contributed by atoms with E-state index >= 15 is 0 Å². The van der Waals surface area contributed by atoms with Crippen LogP contribution in [0.4, 0.5) is 0 Å². The second kappa shape index (κ2) is 7.79. The highest BCUT2D eigenvalue weighted by Gasteiger charge is 2.11. The van der Waals surface area contributed by atoms with Gasteiger partial charge in [0.2, 0.25) is 0 Å². The van der Waals surface area contributed by atoms with Crippen LogP contribution in [0.15, 0.2) is 18.2 Å². The van der Waals surface area contributed by atoms with Crippen molar-refractivity contribution in [2.45, 2.75) is 33.1 Å². The van der Waals surface area contributed by atoms with E-state index in [0.717, 1.165) is 19.3 Å². The highest BCUT2D eigenvalue weighted by atomic mass is 16.3. The molecule has 1 aromatic rings. The first-order valence-electron chi connectivity index (χ1n) is 6.86. The van der Waals surface area contributed by atoms with Crippen LogP contribution < -0.4 is 11.1 Å². The van der Waals surface area contributed by atoms with Crippen molar-refractivity contribution in [1.82, 2.24) is 5.32 Å². The summed E-state index contributed by atoms with van der Waals surface area (Å²) in [5.41, 5.74) is 6.86. The number of phenolic OH excluding ortho intramolecular Hbond substituents is 1. The Morgan fingerprint density at radius 1 is 1.42 bits per heavy atom. The minimum atomic E-state index is -0.0961. The van der Waals surface area contributed by atoms with E-state index in [1.165, 1.54) is 0 Å². The molecule has 106 valence electrons. The molecule has 0 saturated heterocycles. The lowest BCUT2D eigenvalue weighted by Gasteiger charge is -2.16. The molecule has 0 heterocycles. The molecule has 0 spiro atoms. The van der Waals surface area contributed by atoms with Gasteiger partial charge in [0.25, 0.3) is 5.91 Å². The Labute approximate surface area is 115 Å². The SMILES string of the molecule is CCCC(CCN)CNC(=O)c1ccc(O)c(C)c1. The number of phenols is 1. The maximum atomic E-state index is 12.0. The summed E-state index contributed by atoms with van der Waals surface area (Å²) in [7, 11) is 0. The molecule has 0 fully saturated rings. The van der Waals surface area contributed by atoms with E-state index in [4.69, 9.17) is 5.73 Å². The molecule has 4 nitrogen and oxygen atoms in total. The summed E-state index contributed by atoms with van der Waals surface area (Å²) in [6.07, 6.45) is 3.10. The van der Waals surface area contributed by atoms with Crippen molar-refractivity contribution in [3.63, 3.8) is 0 Å². The Morgan fingerprint density at radius 3 is 2.74 bits per heavy atom. The minimum absolute atomic E-state index is 0.0961. The van der Waals surface area contributed by atoms with Crippen LogP contribution in [0.25, 0.3) is 0 Å². The van der Waals surface area contributed by atoms with Gasteiger partial charge in [-0.2, -0.15) is 0 Å². The first-order valence-corrected chi connectivity index (χ1v) is 6.86.